The summed E-state index contributed by atoms with van der Waals surface area (Å²) >= 11 is 0. The minimum Gasteiger partial charge on any atom is -0.497 e. The van der Waals surface area contributed by atoms with Crippen LogP contribution >= 0.6 is 0 Å². The maximum absolute atomic E-state index is 12.7. The van der Waals surface area contributed by atoms with Crippen molar-refractivity contribution in [1.29, 1.82) is 0 Å². The van der Waals surface area contributed by atoms with Crippen LogP contribution in [0.15, 0.2) is 18.2 Å². The van der Waals surface area contributed by atoms with Gasteiger partial charge in [0.15, 0.2) is 0 Å². The molecule has 1 saturated heterocycles. The van der Waals surface area contributed by atoms with E-state index < -0.39 is 6.04 Å². The number of ether oxygens (including phenoxy) is 1. The highest BCUT2D eigenvalue weighted by molar-refractivity contribution is 5.90. The molecule has 2 N–H and O–H groups in total. The molecule has 1 spiro atoms. The van der Waals surface area contributed by atoms with Crippen molar-refractivity contribution in [2.45, 2.75) is 38.1 Å². The number of aromatic nitrogens is 1. The van der Waals surface area contributed by atoms with E-state index in [9.17, 15) is 14.7 Å². The first kappa shape index (κ1) is 18.8. The van der Waals surface area contributed by atoms with Gasteiger partial charge in [-0.1, -0.05) is 13.8 Å². The molecule has 0 unspecified atom stereocenters. The zero-order valence-corrected chi connectivity index (χ0v) is 16.6. The second-order valence-corrected chi connectivity index (χ2v) is 7.78. The lowest BCUT2D eigenvalue weighted by Gasteiger charge is -2.56. The van der Waals surface area contributed by atoms with E-state index in [2.05, 4.69) is 4.98 Å². The molecule has 7 heteroatoms. The Morgan fingerprint density at radius 3 is 2.54 bits per heavy atom. The molecule has 28 heavy (non-hydrogen) atoms. The molecule has 150 valence electrons. The number of aliphatic hydroxyl groups is 1. The van der Waals surface area contributed by atoms with Crippen LogP contribution in [0.1, 0.15) is 44.0 Å². The summed E-state index contributed by atoms with van der Waals surface area (Å²) in [6, 6.07) is 5.49. The van der Waals surface area contributed by atoms with Crippen molar-refractivity contribution in [2.24, 2.45) is 0 Å². The Morgan fingerprint density at radius 1 is 1.21 bits per heavy atom. The van der Waals surface area contributed by atoms with Crippen molar-refractivity contribution in [3.63, 3.8) is 0 Å². The Morgan fingerprint density at radius 2 is 1.93 bits per heavy atom. The fraction of sp³-hybridized carbons (Fsp3) is 0.524. The molecule has 1 aromatic carbocycles. The predicted molar refractivity (Wildman–Crippen MR) is 105 cm³/mol. The summed E-state index contributed by atoms with van der Waals surface area (Å²) in [6.07, 6.45) is 0.860. The van der Waals surface area contributed by atoms with E-state index in [1.165, 1.54) is 0 Å². The number of fused-ring (bicyclic) bond motifs is 4. The average Bonchev–Trinajstić information content (AvgIpc) is 3.08. The smallest absolute Gasteiger partial charge is 0.222 e. The molecule has 0 radical (unpaired) electrons. The van der Waals surface area contributed by atoms with E-state index in [-0.39, 0.29) is 23.8 Å². The van der Waals surface area contributed by atoms with Gasteiger partial charge in [0.25, 0.3) is 0 Å². The van der Waals surface area contributed by atoms with Gasteiger partial charge in [-0.3, -0.25) is 9.59 Å². The molecule has 2 aliphatic rings. The SMILES string of the molecule is CCC(=O)N1CC2(C1)CN(C(=O)CC)[C@H](CO)c1[nH]c3cc(OC)ccc3c12. The minimum absolute atomic E-state index is 0.0144. The van der Waals surface area contributed by atoms with Crippen LogP contribution in [-0.2, 0) is 15.0 Å². The number of nitrogens with zero attached hydrogens (tertiary/aromatic N) is 2. The molecule has 1 fully saturated rings. The van der Waals surface area contributed by atoms with E-state index in [0.717, 1.165) is 27.9 Å². The number of hydrogen-bond acceptors (Lipinski definition) is 4. The first-order valence-electron chi connectivity index (χ1n) is 9.86. The number of aromatic amines is 1. The molecular formula is C21H27N3O4. The molecule has 2 amide bonds. The van der Waals surface area contributed by atoms with E-state index in [4.69, 9.17) is 4.74 Å². The zero-order valence-electron chi connectivity index (χ0n) is 16.6. The number of amides is 2. The van der Waals surface area contributed by atoms with Gasteiger partial charge in [-0.05, 0) is 17.7 Å². The number of nitrogens with one attached hydrogen (secondary N) is 1. The second kappa shape index (κ2) is 6.81. The van der Waals surface area contributed by atoms with Crippen LogP contribution in [0.3, 0.4) is 0 Å². The van der Waals surface area contributed by atoms with Crippen LogP contribution in [-0.4, -0.2) is 65.1 Å². The topological polar surface area (TPSA) is 85.9 Å². The van der Waals surface area contributed by atoms with Gasteiger partial charge in [-0.25, -0.2) is 0 Å². The third-order valence-electron chi connectivity index (χ3n) is 6.19. The predicted octanol–water partition coefficient (Wildman–Crippen LogP) is 1.95. The number of H-pyrrole nitrogens is 1. The largest absolute Gasteiger partial charge is 0.497 e. The number of likely N-dealkylation sites (tertiary alicyclic amines) is 1. The highest BCUT2D eigenvalue weighted by atomic mass is 16.5. The molecule has 0 aliphatic carbocycles. The summed E-state index contributed by atoms with van der Waals surface area (Å²) in [5.74, 6) is 0.894. The van der Waals surface area contributed by atoms with Crippen molar-refractivity contribution in [3.05, 3.63) is 29.5 Å². The maximum Gasteiger partial charge on any atom is 0.222 e. The normalized spacial score (nSPS) is 20.2. The van der Waals surface area contributed by atoms with Gasteiger partial charge in [0.05, 0.1) is 25.2 Å². The van der Waals surface area contributed by atoms with Crippen LogP contribution in [0.25, 0.3) is 10.9 Å². The van der Waals surface area contributed by atoms with Crippen LogP contribution in [0.5, 0.6) is 5.75 Å². The highest BCUT2D eigenvalue weighted by Gasteiger charge is 2.54. The number of carbonyl (C=O) groups is 2. The number of benzene rings is 1. The lowest BCUT2D eigenvalue weighted by atomic mass is 9.68. The first-order chi connectivity index (χ1) is 13.5. The number of rotatable bonds is 4. The fourth-order valence-corrected chi connectivity index (χ4v) is 4.81. The summed E-state index contributed by atoms with van der Waals surface area (Å²) in [4.78, 5) is 31.9. The Balaban J connectivity index is 1.86. The first-order valence-corrected chi connectivity index (χ1v) is 9.86. The third-order valence-corrected chi connectivity index (χ3v) is 6.19. The molecule has 1 atom stereocenters. The van der Waals surface area contributed by atoms with Gasteiger partial charge in [-0.2, -0.15) is 0 Å². The summed E-state index contributed by atoms with van der Waals surface area (Å²) in [5, 5.41) is 11.2. The summed E-state index contributed by atoms with van der Waals surface area (Å²) < 4.78 is 5.35. The van der Waals surface area contributed by atoms with Gasteiger partial charge in [-0.15, -0.1) is 0 Å². The van der Waals surface area contributed by atoms with Gasteiger partial charge in [0, 0.05) is 55.1 Å². The minimum atomic E-state index is -0.401. The van der Waals surface area contributed by atoms with Crippen molar-refractivity contribution >= 4 is 22.7 Å². The molecule has 7 nitrogen and oxygen atoms in total. The number of hydrogen-bond donors (Lipinski definition) is 2. The van der Waals surface area contributed by atoms with E-state index in [0.29, 0.717) is 32.5 Å². The van der Waals surface area contributed by atoms with Crippen molar-refractivity contribution in [3.8, 4) is 5.75 Å². The quantitative estimate of drug-likeness (QED) is 0.842. The monoisotopic (exact) mass is 385 g/mol. The lowest BCUT2D eigenvalue weighted by Crippen LogP contribution is -2.68. The van der Waals surface area contributed by atoms with Gasteiger partial charge in [0.2, 0.25) is 11.8 Å². The van der Waals surface area contributed by atoms with E-state index >= 15 is 0 Å². The van der Waals surface area contributed by atoms with E-state index in [1.807, 2.05) is 36.9 Å². The Hall–Kier alpha value is -2.54. The third kappa shape index (κ3) is 2.60. The van der Waals surface area contributed by atoms with Crippen LogP contribution < -0.4 is 4.74 Å². The average molecular weight is 385 g/mol. The Kier molecular flexibility index (Phi) is 4.57. The van der Waals surface area contributed by atoms with Crippen molar-refractivity contribution in [2.75, 3.05) is 33.4 Å². The molecular weight excluding hydrogens is 358 g/mol. The molecule has 0 bridgehead atoms. The molecule has 2 aliphatic heterocycles. The molecule has 0 saturated carbocycles. The highest BCUT2D eigenvalue weighted by Crippen LogP contribution is 2.48. The van der Waals surface area contributed by atoms with Crippen LogP contribution in [0, 0.1) is 0 Å². The van der Waals surface area contributed by atoms with Crippen LogP contribution in [0.4, 0.5) is 0 Å². The number of carbonyl (C=O) groups excluding carboxylic acids is 2. The fourth-order valence-electron chi connectivity index (χ4n) is 4.81. The van der Waals surface area contributed by atoms with Crippen molar-refractivity contribution < 1.29 is 19.4 Å². The van der Waals surface area contributed by atoms with Gasteiger partial charge >= 0.3 is 0 Å². The molecule has 1 aromatic heterocycles. The number of methoxy groups -OCH3 is 1. The summed E-state index contributed by atoms with van der Waals surface area (Å²) in [7, 11) is 1.63. The van der Waals surface area contributed by atoms with Gasteiger partial charge in [0.1, 0.15) is 5.75 Å². The lowest BCUT2D eigenvalue weighted by molar-refractivity contribution is -0.145. The van der Waals surface area contributed by atoms with Crippen LogP contribution in [0.2, 0.25) is 0 Å². The van der Waals surface area contributed by atoms with E-state index in [1.54, 1.807) is 12.0 Å². The second-order valence-electron chi connectivity index (χ2n) is 7.78. The van der Waals surface area contributed by atoms with Gasteiger partial charge < -0.3 is 24.6 Å². The Bertz CT molecular complexity index is 929. The number of aliphatic hydroxyl groups excluding tert-OH is 1. The standard InChI is InChI=1S/C21H27N3O4/c1-4-17(26)23-10-21(11-23)12-24(18(27)5-2)16(9-25)20-19(21)14-7-6-13(28-3)8-15(14)22-20/h6-8,16,22,25H,4-5,9-12H2,1-3H3/t16-/m1/s1. The molecule has 2 aromatic rings. The molecule has 3 heterocycles. The summed E-state index contributed by atoms with van der Waals surface area (Å²) in [6.45, 7) is 5.27. The molecule has 4 rings (SSSR count). The summed E-state index contributed by atoms with van der Waals surface area (Å²) in [5.41, 5.74) is 2.63. The maximum atomic E-state index is 12.7. The Labute approximate surface area is 164 Å². The zero-order chi connectivity index (χ0) is 20.1. The van der Waals surface area contributed by atoms with Crippen molar-refractivity contribution in [1.82, 2.24) is 14.8 Å².